The monoisotopic (exact) mass is 299 g/mol. The molecule has 1 atom stereocenters. The smallest absolute Gasteiger partial charge is 0.0571 e. The Morgan fingerprint density at radius 2 is 1.86 bits per heavy atom. The van der Waals surface area contributed by atoms with E-state index < -0.39 is 0 Å². The highest BCUT2D eigenvalue weighted by atomic mass is 35.5. The summed E-state index contributed by atoms with van der Waals surface area (Å²) in [6.07, 6.45) is 1.09. The Labute approximate surface area is 132 Å². The fourth-order valence-corrected chi connectivity index (χ4v) is 3.59. The van der Waals surface area contributed by atoms with Crippen molar-refractivity contribution in [1.29, 1.82) is 0 Å². The number of rotatable bonds is 2. The van der Waals surface area contributed by atoms with Crippen molar-refractivity contribution in [3.05, 3.63) is 63.7 Å². The summed E-state index contributed by atoms with van der Waals surface area (Å²) in [7, 11) is 0. The highest BCUT2D eigenvalue weighted by Crippen LogP contribution is 2.47. The second-order valence-corrected chi connectivity index (χ2v) is 7.34. The first kappa shape index (κ1) is 14.5. The zero-order chi connectivity index (χ0) is 15.2. The third-order valence-electron chi connectivity index (χ3n) is 4.53. The SMILES string of the molecule is Cc1ccc(NC2c3cc(Cl)ccc3CC2(C)C)c(C)c1. The molecule has 1 aliphatic rings. The number of hydrogen-bond acceptors (Lipinski definition) is 1. The highest BCUT2D eigenvalue weighted by molar-refractivity contribution is 6.30. The molecule has 0 aromatic heterocycles. The molecule has 110 valence electrons. The van der Waals surface area contributed by atoms with Crippen molar-refractivity contribution in [1.82, 2.24) is 0 Å². The van der Waals surface area contributed by atoms with E-state index in [4.69, 9.17) is 11.6 Å². The van der Waals surface area contributed by atoms with Gasteiger partial charge in [-0.15, -0.1) is 0 Å². The average Bonchev–Trinajstić information content (AvgIpc) is 2.63. The molecular weight excluding hydrogens is 278 g/mol. The quantitative estimate of drug-likeness (QED) is 0.751. The fourth-order valence-electron chi connectivity index (χ4n) is 3.41. The van der Waals surface area contributed by atoms with Crippen LogP contribution in [-0.2, 0) is 6.42 Å². The van der Waals surface area contributed by atoms with Crippen LogP contribution in [0.3, 0.4) is 0 Å². The van der Waals surface area contributed by atoms with E-state index >= 15 is 0 Å². The topological polar surface area (TPSA) is 12.0 Å². The molecule has 0 radical (unpaired) electrons. The maximum absolute atomic E-state index is 6.21. The maximum atomic E-state index is 6.21. The summed E-state index contributed by atoms with van der Waals surface area (Å²) < 4.78 is 0. The number of fused-ring (bicyclic) bond motifs is 1. The molecule has 0 saturated heterocycles. The van der Waals surface area contributed by atoms with E-state index in [1.54, 1.807) is 0 Å². The van der Waals surface area contributed by atoms with Crippen LogP contribution in [0, 0.1) is 19.3 Å². The molecule has 0 spiro atoms. The summed E-state index contributed by atoms with van der Waals surface area (Å²) in [6, 6.07) is 13.2. The number of hydrogen-bond donors (Lipinski definition) is 1. The maximum Gasteiger partial charge on any atom is 0.0571 e. The standard InChI is InChI=1S/C19H22ClN/c1-12-5-8-17(13(2)9-12)21-18-16-10-15(20)7-6-14(16)11-19(18,3)4/h5-10,18,21H,11H2,1-4H3. The Balaban J connectivity index is 1.99. The van der Waals surface area contributed by atoms with Gasteiger partial charge in [0.25, 0.3) is 0 Å². The first-order valence-corrected chi connectivity index (χ1v) is 7.87. The van der Waals surface area contributed by atoms with Gasteiger partial charge < -0.3 is 5.32 Å². The third kappa shape index (κ3) is 2.67. The molecule has 2 heteroatoms. The van der Waals surface area contributed by atoms with Gasteiger partial charge in [0.05, 0.1) is 6.04 Å². The van der Waals surface area contributed by atoms with Crippen molar-refractivity contribution in [2.24, 2.45) is 5.41 Å². The lowest BCUT2D eigenvalue weighted by molar-refractivity contribution is 0.337. The van der Waals surface area contributed by atoms with E-state index in [9.17, 15) is 0 Å². The van der Waals surface area contributed by atoms with Crippen molar-refractivity contribution in [3.63, 3.8) is 0 Å². The van der Waals surface area contributed by atoms with Crippen molar-refractivity contribution in [2.45, 2.75) is 40.2 Å². The molecule has 21 heavy (non-hydrogen) atoms. The summed E-state index contributed by atoms with van der Waals surface area (Å²) in [5.74, 6) is 0. The third-order valence-corrected chi connectivity index (χ3v) is 4.76. The van der Waals surface area contributed by atoms with Crippen molar-refractivity contribution < 1.29 is 0 Å². The molecule has 0 fully saturated rings. The van der Waals surface area contributed by atoms with E-state index in [0.717, 1.165) is 11.4 Å². The number of anilines is 1. The van der Waals surface area contributed by atoms with Gasteiger partial charge in [-0.3, -0.25) is 0 Å². The van der Waals surface area contributed by atoms with Crippen LogP contribution in [0.15, 0.2) is 36.4 Å². The molecule has 1 aliphatic carbocycles. The zero-order valence-electron chi connectivity index (χ0n) is 13.1. The number of halogens is 1. The largest absolute Gasteiger partial charge is 0.377 e. The van der Waals surface area contributed by atoms with Gasteiger partial charge in [0.15, 0.2) is 0 Å². The highest BCUT2D eigenvalue weighted by Gasteiger charge is 2.39. The van der Waals surface area contributed by atoms with Crippen LogP contribution >= 0.6 is 11.6 Å². The van der Waals surface area contributed by atoms with Gasteiger partial charge in [0.1, 0.15) is 0 Å². The van der Waals surface area contributed by atoms with E-state index in [1.807, 2.05) is 6.07 Å². The minimum atomic E-state index is 0.185. The van der Waals surface area contributed by atoms with Gasteiger partial charge in [-0.1, -0.05) is 49.2 Å². The Morgan fingerprint density at radius 1 is 1.10 bits per heavy atom. The average molecular weight is 300 g/mol. The summed E-state index contributed by atoms with van der Waals surface area (Å²) >= 11 is 6.21. The molecule has 0 amide bonds. The van der Waals surface area contributed by atoms with Gasteiger partial charge in [0.2, 0.25) is 0 Å². The molecule has 3 rings (SSSR count). The Bertz CT molecular complexity index is 688. The van der Waals surface area contributed by atoms with Gasteiger partial charge in [-0.25, -0.2) is 0 Å². The van der Waals surface area contributed by atoms with Crippen molar-refractivity contribution in [2.75, 3.05) is 5.32 Å². The molecule has 0 aliphatic heterocycles. The van der Waals surface area contributed by atoms with E-state index in [0.29, 0.717) is 6.04 Å². The van der Waals surface area contributed by atoms with Gasteiger partial charge in [-0.05, 0) is 60.6 Å². The van der Waals surface area contributed by atoms with Crippen LogP contribution in [0.2, 0.25) is 5.02 Å². The van der Waals surface area contributed by atoms with Crippen LogP contribution in [0.25, 0.3) is 0 Å². The van der Waals surface area contributed by atoms with Crippen LogP contribution in [0.1, 0.15) is 42.1 Å². The van der Waals surface area contributed by atoms with Crippen molar-refractivity contribution in [3.8, 4) is 0 Å². The Morgan fingerprint density at radius 3 is 2.57 bits per heavy atom. The summed E-state index contributed by atoms with van der Waals surface area (Å²) in [4.78, 5) is 0. The lowest BCUT2D eigenvalue weighted by atomic mass is 9.85. The first-order valence-electron chi connectivity index (χ1n) is 7.49. The molecule has 1 N–H and O–H groups in total. The molecule has 0 bridgehead atoms. The predicted molar refractivity (Wildman–Crippen MR) is 91.2 cm³/mol. The molecule has 2 aromatic rings. The minimum absolute atomic E-state index is 0.185. The number of aryl methyl sites for hydroxylation is 2. The Kier molecular flexibility index (Phi) is 3.49. The second-order valence-electron chi connectivity index (χ2n) is 6.90. The van der Waals surface area contributed by atoms with E-state index in [1.165, 1.54) is 27.9 Å². The van der Waals surface area contributed by atoms with Gasteiger partial charge >= 0.3 is 0 Å². The number of nitrogens with one attached hydrogen (secondary N) is 1. The molecule has 2 aromatic carbocycles. The zero-order valence-corrected chi connectivity index (χ0v) is 13.9. The van der Waals surface area contributed by atoms with E-state index in [2.05, 4.69) is 63.3 Å². The molecule has 0 heterocycles. The van der Waals surface area contributed by atoms with Crippen LogP contribution in [-0.4, -0.2) is 0 Å². The normalized spacial score (nSPS) is 19.4. The second kappa shape index (κ2) is 5.06. The van der Waals surface area contributed by atoms with Crippen LogP contribution < -0.4 is 5.32 Å². The molecule has 0 saturated carbocycles. The number of benzene rings is 2. The fraction of sp³-hybridized carbons (Fsp3) is 0.368. The summed E-state index contributed by atoms with van der Waals surface area (Å²) in [5, 5.41) is 4.57. The lowest BCUT2D eigenvalue weighted by Crippen LogP contribution is -2.24. The molecule has 1 unspecified atom stereocenters. The van der Waals surface area contributed by atoms with Crippen LogP contribution in [0.4, 0.5) is 5.69 Å². The van der Waals surface area contributed by atoms with E-state index in [-0.39, 0.29) is 5.41 Å². The van der Waals surface area contributed by atoms with Crippen LogP contribution in [0.5, 0.6) is 0 Å². The van der Waals surface area contributed by atoms with Gasteiger partial charge in [-0.2, -0.15) is 0 Å². The first-order chi connectivity index (χ1) is 9.87. The summed E-state index contributed by atoms with van der Waals surface area (Å²) in [5.41, 5.74) is 6.74. The van der Waals surface area contributed by atoms with Gasteiger partial charge in [0, 0.05) is 10.7 Å². The van der Waals surface area contributed by atoms with Crippen molar-refractivity contribution >= 4 is 17.3 Å². The molecule has 1 nitrogen and oxygen atoms in total. The predicted octanol–water partition coefficient (Wildman–Crippen LogP) is 5.69. The molecular formula is C19H22ClN. The lowest BCUT2D eigenvalue weighted by Gasteiger charge is -2.30. The Hall–Kier alpha value is -1.47. The summed E-state index contributed by atoms with van der Waals surface area (Å²) in [6.45, 7) is 8.94. The minimum Gasteiger partial charge on any atom is -0.377 e.